The minimum atomic E-state index is -0.623. The number of para-hydroxylation sites is 2. The highest BCUT2D eigenvalue weighted by atomic mass is 16.5. The van der Waals surface area contributed by atoms with Gasteiger partial charge in [0.05, 0.1) is 16.9 Å². The van der Waals surface area contributed by atoms with Crippen molar-refractivity contribution < 1.29 is 14.6 Å². The Kier molecular flexibility index (Phi) is 8.76. The summed E-state index contributed by atoms with van der Waals surface area (Å²) in [5, 5.41) is 15.6. The van der Waals surface area contributed by atoms with E-state index in [0.717, 1.165) is 41.4 Å². The van der Waals surface area contributed by atoms with Crippen LogP contribution in [0.2, 0.25) is 0 Å². The first-order chi connectivity index (χ1) is 17.5. The molecule has 6 nitrogen and oxygen atoms in total. The highest BCUT2D eigenvalue weighted by Gasteiger charge is 2.22. The first-order valence-electron chi connectivity index (χ1n) is 12.5. The van der Waals surface area contributed by atoms with Crippen molar-refractivity contribution in [3.05, 3.63) is 102 Å². The van der Waals surface area contributed by atoms with E-state index in [1.54, 1.807) is 0 Å². The van der Waals surface area contributed by atoms with Crippen molar-refractivity contribution in [3.8, 4) is 23.1 Å². The molecule has 0 saturated heterocycles. The minimum absolute atomic E-state index is 0.235. The Morgan fingerprint density at radius 2 is 1.56 bits per heavy atom. The highest BCUT2D eigenvalue weighted by molar-refractivity contribution is 5.43. The number of benzene rings is 3. The molecule has 188 valence electrons. The van der Waals surface area contributed by atoms with Gasteiger partial charge >= 0.3 is 0 Å². The van der Waals surface area contributed by atoms with E-state index in [2.05, 4.69) is 18.7 Å². The van der Waals surface area contributed by atoms with E-state index >= 15 is 0 Å². The van der Waals surface area contributed by atoms with Gasteiger partial charge in [0.2, 0.25) is 5.88 Å². The van der Waals surface area contributed by atoms with Gasteiger partial charge in [0, 0.05) is 13.1 Å². The lowest BCUT2D eigenvalue weighted by Crippen LogP contribution is -2.36. The van der Waals surface area contributed by atoms with E-state index in [4.69, 9.17) is 14.6 Å². The molecule has 0 aliphatic carbocycles. The van der Waals surface area contributed by atoms with Crippen molar-refractivity contribution in [1.29, 1.82) is 0 Å². The van der Waals surface area contributed by atoms with Gasteiger partial charge in [-0.2, -0.15) is 5.10 Å². The standard InChI is InChI=1S/C30H35N3O3/c1-4-19-32(20-26(34)22-35-27-13-9-6-10-14-27)21-29-24(3)31-33(25-11-7-5-8-12-25)30(29)36-28-17-15-23(2)16-18-28/h5-18,26,34H,4,19-22H2,1-3H3. The van der Waals surface area contributed by atoms with Gasteiger partial charge < -0.3 is 14.6 Å². The smallest absolute Gasteiger partial charge is 0.227 e. The van der Waals surface area contributed by atoms with Gasteiger partial charge in [-0.3, -0.25) is 4.90 Å². The Bertz CT molecular complexity index is 1210. The molecule has 0 amide bonds. The third-order valence-corrected chi connectivity index (χ3v) is 5.95. The molecular weight excluding hydrogens is 450 g/mol. The predicted octanol–water partition coefficient (Wildman–Crippen LogP) is 5.93. The molecule has 0 bridgehead atoms. The summed E-state index contributed by atoms with van der Waals surface area (Å²) >= 11 is 0. The molecule has 1 atom stereocenters. The second-order valence-electron chi connectivity index (χ2n) is 9.04. The average molecular weight is 486 g/mol. The van der Waals surface area contributed by atoms with Gasteiger partial charge in [-0.1, -0.05) is 61.0 Å². The quantitative estimate of drug-likeness (QED) is 0.269. The lowest BCUT2D eigenvalue weighted by Gasteiger charge is -2.25. The maximum atomic E-state index is 10.7. The molecule has 3 aromatic carbocycles. The van der Waals surface area contributed by atoms with Gasteiger partial charge in [-0.05, 0) is 63.2 Å². The third-order valence-electron chi connectivity index (χ3n) is 5.95. The summed E-state index contributed by atoms with van der Waals surface area (Å²) in [5.74, 6) is 2.21. The first kappa shape index (κ1) is 25.5. The van der Waals surface area contributed by atoms with Crippen LogP contribution in [0.25, 0.3) is 5.69 Å². The van der Waals surface area contributed by atoms with Crippen molar-refractivity contribution in [1.82, 2.24) is 14.7 Å². The molecule has 0 fully saturated rings. The number of nitrogens with zero attached hydrogens (tertiary/aromatic N) is 3. The van der Waals surface area contributed by atoms with Crippen molar-refractivity contribution >= 4 is 0 Å². The Hall–Kier alpha value is -3.61. The normalized spacial score (nSPS) is 12.0. The van der Waals surface area contributed by atoms with Gasteiger partial charge in [0.15, 0.2) is 0 Å². The molecule has 4 aromatic rings. The van der Waals surface area contributed by atoms with Crippen LogP contribution in [0.4, 0.5) is 0 Å². The van der Waals surface area contributed by atoms with Crippen LogP contribution in [0, 0.1) is 13.8 Å². The maximum Gasteiger partial charge on any atom is 0.227 e. The molecule has 0 saturated carbocycles. The van der Waals surface area contributed by atoms with E-state index < -0.39 is 6.10 Å². The number of aromatic nitrogens is 2. The molecule has 1 unspecified atom stereocenters. The van der Waals surface area contributed by atoms with Crippen LogP contribution in [0.1, 0.15) is 30.2 Å². The van der Waals surface area contributed by atoms with Crippen LogP contribution in [0.5, 0.6) is 17.4 Å². The van der Waals surface area contributed by atoms with Crippen LogP contribution >= 0.6 is 0 Å². The summed E-state index contributed by atoms with van der Waals surface area (Å²) in [6, 6.07) is 27.6. The molecular formula is C30H35N3O3. The molecule has 0 radical (unpaired) electrons. The zero-order chi connectivity index (χ0) is 25.3. The average Bonchev–Trinajstić information content (AvgIpc) is 3.20. The second-order valence-corrected chi connectivity index (χ2v) is 9.04. The molecule has 1 aromatic heterocycles. The molecule has 4 rings (SSSR count). The number of aliphatic hydroxyl groups is 1. The number of ether oxygens (including phenoxy) is 2. The number of aliphatic hydroxyl groups excluding tert-OH is 1. The number of hydrogen-bond acceptors (Lipinski definition) is 5. The van der Waals surface area contributed by atoms with E-state index in [-0.39, 0.29) is 6.61 Å². The predicted molar refractivity (Wildman–Crippen MR) is 143 cm³/mol. The van der Waals surface area contributed by atoms with E-state index in [9.17, 15) is 5.11 Å². The summed E-state index contributed by atoms with van der Waals surface area (Å²) in [7, 11) is 0. The zero-order valence-corrected chi connectivity index (χ0v) is 21.3. The van der Waals surface area contributed by atoms with Gasteiger partial charge in [0.1, 0.15) is 24.2 Å². The minimum Gasteiger partial charge on any atom is -0.491 e. The Morgan fingerprint density at radius 1 is 0.889 bits per heavy atom. The van der Waals surface area contributed by atoms with Crippen LogP contribution in [0.15, 0.2) is 84.9 Å². The fraction of sp³-hybridized carbons (Fsp3) is 0.300. The SMILES string of the molecule is CCCN(Cc1c(C)nn(-c2ccccc2)c1Oc1ccc(C)cc1)CC(O)COc1ccccc1. The Labute approximate surface area is 213 Å². The lowest BCUT2D eigenvalue weighted by molar-refractivity contribution is 0.0653. The number of rotatable bonds is 12. The molecule has 0 spiro atoms. The van der Waals surface area contributed by atoms with Gasteiger partial charge in [-0.15, -0.1) is 0 Å². The van der Waals surface area contributed by atoms with Crippen LogP contribution < -0.4 is 9.47 Å². The van der Waals surface area contributed by atoms with Crippen molar-refractivity contribution in [2.75, 3.05) is 19.7 Å². The van der Waals surface area contributed by atoms with Crippen molar-refractivity contribution in [3.63, 3.8) is 0 Å². The topological polar surface area (TPSA) is 59.8 Å². The number of hydrogen-bond donors (Lipinski definition) is 1. The molecule has 0 aliphatic heterocycles. The van der Waals surface area contributed by atoms with Crippen LogP contribution in [-0.2, 0) is 6.54 Å². The van der Waals surface area contributed by atoms with Crippen molar-refractivity contribution in [2.45, 2.75) is 39.8 Å². The van der Waals surface area contributed by atoms with Crippen LogP contribution in [0.3, 0.4) is 0 Å². The van der Waals surface area contributed by atoms with E-state index in [1.807, 2.05) is 96.5 Å². The maximum absolute atomic E-state index is 10.7. The lowest BCUT2D eigenvalue weighted by atomic mass is 10.2. The number of aryl methyl sites for hydroxylation is 2. The first-order valence-corrected chi connectivity index (χ1v) is 12.5. The molecule has 6 heteroatoms. The summed E-state index contributed by atoms with van der Waals surface area (Å²) in [6.07, 6.45) is 0.342. The largest absolute Gasteiger partial charge is 0.491 e. The fourth-order valence-electron chi connectivity index (χ4n) is 4.12. The summed E-state index contributed by atoms with van der Waals surface area (Å²) in [5.41, 5.74) is 4.02. The van der Waals surface area contributed by atoms with E-state index in [0.29, 0.717) is 19.0 Å². The molecule has 36 heavy (non-hydrogen) atoms. The third kappa shape index (κ3) is 6.74. The Balaban J connectivity index is 1.57. The Morgan fingerprint density at radius 3 is 2.22 bits per heavy atom. The van der Waals surface area contributed by atoms with E-state index in [1.165, 1.54) is 5.56 Å². The van der Waals surface area contributed by atoms with Gasteiger partial charge in [-0.25, -0.2) is 4.68 Å². The molecule has 1 N–H and O–H groups in total. The second kappa shape index (κ2) is 12.4. The molecule has 1 heterocycles. The summed E-state index contributed by atoms with van der Waals surface area (Å²) in [6.45, 7) is 8.38. The summed E-state index contributed by atoms with van der Waals surface area (Å²) in [4.78, 5) is 2.24. The monoisotopic (exact) mass is 485 g/mol. The molecule has 0 aliphatic rings. The van der Waals surface area contributed by atoms with Crippen molar-refractivity contribution in [2.24, 2.45) is 0 Å². The van der Waals surface area contributed by atoms with Crippen LogP contribution in [-0.4, -0.2) is 45.6 Å². The summed E-state index contributed by atoms with van der Waals surface area (Å²) < 4.78 is 14.1. The fourth-order valence-corrected chi connectivity index (χ4v) is 4.12. The zero-order valence-electron chi connectivity index (χ0n) is 21.3. The van der Waals surface area contributed by atoms with Gasteiger partial charge in [0.25, 0.3) is 0 Å². The highest BCUT2D eigenvalue weighted by Crippen LogP contribution is 2.32.